The first-order valence-electron chi connectivity index (χ1n) is 9.46. The molecular formula is C20H25ClN2O2. The summed E-state index contributed by atoms with van der Waals surface area (Å²) in [6.45, 7) is 2.80. The number of rotatable bonds is 3. The molecule has 0 radical (unpaired) electrons. The molecule has 134 valence electrons. The van der Waals surface area contributed by atoms with Crippen molar-refractivity contribution in [2.45, 2.75) is 70.6 Å². The van der Waals surface area contributed by atoms with Crippen LogP contribution >= 0.6 is 11.6 Å². The summed E-state index contributed by atoms with van der Waals surface area (Å²) in [5.74, 6) is 0.841. The highest BCUT2D eigenvalue weighted by Crippen LogP contribution is 2.38. The first-order chi connectivity index (χ1) is 12.2. The summed E-state index contributed by atoms with van der Waals surface area (Å²) in [6, 6.07) is 5.98. The Morgan fingerprint density at radius 3 is 2.76 bits per heavy atom. The molecule has 1 amide bonds. The number of hydrogen-bond donors (Lipinski definition) is 1. The monoisotopic (exact) mass is 360 g/mol. The van der Waals surface area contributed by atoms with Gasteiger partial charge in [-0.3, -0.25) is 4.79 Å². The van der Waals surface area contributed by atoms with Gasteiger partial charge in [-0.15, -0.1) is 0 Å². The van der Waals surface area contributed by atoms with Crippen LogP contribution in [0.3, 0.4) is 0 Å². The molecule has 0 saturated heterocycles. The van der Waals surface area contributed by atoms with Crippen LogP contribution in [0.25, 0.3) is 10.9 Å². The van der Waals surface area contributed by atoms with Gasteiger partial charge in [-0.2, -0.15) is 0 Å². The number of carbonyl (C=O) groups is 1. The lowest BCUT2D eigenvalue weighted by Crippen LogP contribution is -2.37. The molecule has 1 aromatic heterocycles. The molecule has 1 fully saturated rings. The lowest BCUT2D eigenvalue weighted by atomic mass is 10.1. The molecule has 1 saturated carbocycles. The van der Waals surface area contributed by atoms with Gasteiger partial charge in [-0.25, -0.2) is 0 Å². The van der Waals surface area contributed by atoms with E-state index in [1.54, 1.807) is 0 Å². The molecule has 0 spiro atoms. The van der Waals surface area contributed by atoms with Crippen LogP contribution in [-0.4, -0.2) is 22.6 Å². The lowest BCUT2D eigenvalue weighted by molar-refractivity contribution is 0.0917. The Kier molecular flexibility index (Phi) is 4.63. The van der Waals surface area contributed by atoms with E-state index in [1.807, 2.05) is 18.2 Å². The maximum absolute atomic E-state index is 13.0. The molecule has 2 heterocycles. The third-order valence-electron chi connectivity index (χ3n) is 5.53. The predicted octanol–water partition coefficient (Wildman–Crippen LogP) is 4.92. The Balaban J connectivity index is 1.69. The van der Waals surface area contributed by atoms with Gasteiger partial charge in [-0.1, -0.05) is 44.2 Å². The van der Waals surface area contributed by atoms with Gasteiger partial charge in [0.15, 0.2) is 0 Å². The van der Waals surface area contributed by atoms with Gasteiger partial charge in [-0.05, 0) is 37.5 Å². The van der Waals surface area contributed by atoms with Gasteiger partial charge in [0.2, 0.25) is 0 Å². The van der Waals surface area contributed by atoms with Gasteiger partial charge in [0.25, 0.3) is 5.91 Å². The fourth-order valence-corrected chi connectivity index (χ4v) is 4.31. The fourth-order valence-electron chi connectivity index (χ4n) is 4.10. The number of carbonyl (C=O) groups excluding carboxylic acids is 1. The maximum Gasteiger partial charge on any atom is 0.268 e. The molecule has 25 heavy (non-hydrogen) atoms. The molecule has 1 aliphatic heterocycles. The van der Waals surface area contributed by atoms with Gasteiger partial charge in [0.1, 0.15) is 17.5 Å². The first kappa shape index (κ1) is 16.8. The van der Waals surface area contributed by atoms with Crippen LogP contribution in [0.1, 0.15) is 62.4 Å². The Bertz CT molecular complexity index is 791. The number of halogens is 1. The van der Waals surface area contributed by atoms with Gasteiger partial charge in [0.05, 0.1) is 17.1 Å². The molecular weight excluding hydrogens is 336 g/mol. The average Bonchev–Trinajstić information content (AvgIpc) is 2.82. The summed E-state index contributed by atoms with van der Waals surface area (Å²) >= 11 is 6.38. The standard InChI is InChI=1S/C20H25ClN2O2/c1-2-14-12-23-17(20(24)22-13-7-5-3-4-6-8-13)11-15-16(21)9-10-18(25-14)19(15)23/h9-11,13-14H,2-8,12H2,1H3,(H,22,24). The molecule has 1 unspecified atom stereocenters. The van der Waals surface area contributed by atoms with Crippen LogP contribution in [0, 0.1) is 0 Å². The Hall–Kier alpha value is -1.68. The first-order valence-corrected chi connectivity index (χ1v) is 9.84. The number of ether oxygens (including phenoxy) is 1. The Labute approximate surface area is 153 Å². The van der Waals surface area contributed by atoms with E-state index in [9.17, 15) is 4.79 Å². The molecule has 1 N–H and O–H groups in total. The van der Waals surface area contributed by atoms with E-state index in [0.29, 0.717) is 17.3 Å². The summed E-state index contributed by atoms with van der Waals surface area (Å²) in [4.78, 5) is 13.0. The molecule has 5 heteroatoms. The smallest absolute Gasteiger partial charge is 0.268 e. The van der Waals surface area contributed by atoms with E-state index in [-0.39, 0.29) is 18.1 Å². The van der Waals surface area contributed by atoms with Crippen molar-refractivity contribution in [2.24, 2.45) is 0 Å². The molecule has 1 atom stereocenters. The van der Waals surface area contributed by atoms with Crippen molar-refractivity contribution >= 4 is 28.4 Å². The quantitative estimate of drug-likeness (QED) is 0.789. The zero-order chi connectivity index (χ0) is 17.4. The summed E-state index contributed by atoms with van der Waals surface area (Å²) < 4.78 is 8.15. The van der Waals surface area contributed by atoms with E-state index >= 15 is 0 Å². The fraction of sp³-hybridized carbons (Fsp3) is 0.550. The lowest BCUT2D eigenvalue weighted by Gasteiger charge is -2.27. The van der Waals surface area contributed by atoms with Gasteiger partial charge in [0, 0.05) is 11.4 Å². The van der Waals surface area contributed by atoms with E-state index in [1.165, 1.54) is 25.7 Å². The van der Waals surface area contributed by atoms with E-state index in [0.717, 1.165) is 35.9 Å². The minimum atomic E-state index is 0.0156. The largest absolute Gasteiger partial charge is 0.486 e. The molecule has 4 rings (SSSR count). The minimum Gasteiger partial charge on any atom is -0.486 e. The third kappa shape index (κ3) is 3.12. The maximum atomic E-state index is 13.0. The number of hydrogen-bond acceptors (Lipinski definition) is 2. The van der Waals surface area contributed by atoms with E-state index in [2.05, 4.69) is 16.8 Å². The van der Waals surface area contributed by atoms with Crippen LogP contribution in [-0.2, 0) is 6.54 Å². The van der Waals surface area contributed by atoms with Crippen molar-refractivity contribution in [1.82, 2.24) is 9.88 Å². The van der Waals surface area contributed by atoms with Crippen molar-refractivity contribution in [3.8, 4) is 5.75 Å². The number of nitrogens with one attached hydrogen (secondary N) is 1. The number of benzene rings is 1. The van der Waals surface area contributed by atoms with Crippen molar-refractivity contribution in [3.05, 3.63) is 28.9 Å². The molecule has 1 aromatic carbocycles. The minimum absolute atomic E-state index is 0.0156. The predicted molar refractivity (Wildman–Crippen MR) is 101 cm³/mol. The third-order valence-corrected chi connectivity index (χ3v) is 5.86. The summed E-state index contributed by atoms with van der Waals surface area (Å²) in [5, 5.41) is 4.83. The Morgan fingerprint density at radius 1 is 1.28 bits per heavy atom. The van der Waals surface area contributed by atoms with Crippen LogP contribution in [0.15, 0.2) is 18.2 Å². The molecule has 2 aromatic rings. The highest BCUT2D eigenvalue weighted by Gasteiger charge is 2.27. The van der Waals surface area contributed by atoms with Crippen LogP contribution < -0.4 is 10.1 Å². The topological polar surface area (TPSA) is 43.3 Å². The second-order valence-corrected chi connectivity index (χ2v) is 7.67. The summed E-state index contributed by atoms with van der Waals surface area (Å²) in [6.07, 6.45) is 8.13. The van der Waals surface area contributed by atoms with Gasteiger partial charge < -0.3 is 14.6 Å². The van der Waals surface area contributed by atoms with Crippen LogP contribution in [0.5, 0.6) is 5.75 Å². The Morgan fingerprint density at radius 2 is 2.04 bits per heavy atom. The van der Waals surface area contributed by atoms with Crippen molar-refractivity contribution in [3.63, 3.8) is 0 Å². The van der Waals surface area contributed by atoms with E-state index in [4.69, 9.17) is 16.3 Å². The number of aromatic nitrogens is 1. The van der Waals surface area contributed by atoms with Crippen molar-refractivity contribution in [2.75, 3.05) is 0 Å². The summed E-state index contributed by atoms with van der Waals surface area (Å²) in [5.41, 5.74) is 1.65. The second kappa shape index (κ2) is 6.91. The normalized spacial score (nSPS) is 21.0. The highest BCUT2D eigenvalue weighted by molar-refractivity contribution is 6.36. The molecule has 1 aliphatic carbocycles. The van der Waals surface area contributed by atoms with Crippen LogP contribution in [0.4, 0.5) is 0 Å². The SMILES string of the molecule is CCC1Cn2c(C(=O)NC3CCCCCC3)cc3c(Cl)ccc(c32)O1. The molecule has 4 nitrogen and oxygen atoms in total. The van der Waals surface area contributed by atoms with Crippen molar-refractivity contribution < 1.29 is 9.53 Å². The van der Waals surface area contributed by atoms with E-state index < -0.39 is 0 Å². The summed E-state index contributed by atoms with van der Waals surface area (Å²) in [7, 11) is 0. The van der Waals surface area contributed by atoms with Gasteiger partial charge >= 0.3 is 0 Å². The second-order valence-electron chi connectivity index (χ2n) is 7.26. The molecule has 2 aliphatic rings. The van der Waals surface area contributed by atoms with Crippen LogP contribution in [0.2, 0.25) is 5.02 Å². The highest BCUT2D eigenvalue weighted by atomic mass is 35.5. The number of amides is 1. The zero-order valence-electron chi connectivity index (χ0n) is 14.7. The molecule has 0 bridgehead atoms. The van der Waals surface area contributed by atoms with Crippen molar-refractivity contribution in [1.29, 1.82) is 0 Å². The zero-order valence-corrected chi connectivity index (χ0v) is 15.4. The number of nitrogens with zero attached hydrogens (tertiary/aromatic N) is 1. The average molecular weight is 361 g/mol.